The summed E-state index contributed by atoms with van der Waals surface area (Å²) in [6.07, 6.45) is 72.1. The minimum Gasteiger partial charge on any atom is -0.458 e. The first-order valence-electron chi connectivity index (χ1n) is 28.0. The first-order valence-corrected chi connectivity index (χ1v) is 28.0. The highest BCUT2D eigenvalue weighted by Crippen LogP contribution is 2.16. The second-order valence-electron chi connectivity index (χ2n) is 18.6. The number of carbonyl (C=O) groups excluding carboxylic acids is 2. The van der Waals surface area contributed by atoms with Crippen LogP contribution in [0.15, 0.2) is 97.2 Å². The standard InChI is InChI=1S/C61H105NO5/c1-4-7-10-13-16-19-22-25-28-29-30-31-33-36-39-42-45-48-51-54-61(66)67-57(52-49-46-43-40-37-34-27-24-21-18-15-12-9-6-3)55-60(65)62-58(56-63)59(64)53-50-47-44-41-38-35-32-26-23-20-17-14-11-8-5-2/h9,12,16,18-19,21,25,27-28,30-31,34,40,43,49,52,57-59,63-64H,4-8,10-11,13-15,17,20,22-24,26,29,32-33,35-39,41-42,44-48,50-51,53-56H2,1-3H3,(H,62,65)/b12-9+,19-16-,21-18+,28-25-,31-30-,34-27+,43-40+,52-49+. The van der Waals surface area contributed by atoms with Crippen molar-refractivity contribution in [1.29, 1.82) is 0 Å². The largest absolute Gasteiger partial charge is 0.458 e. The van der Waals surface area contributed by atoms with Gasteiger partial charge in [-0.05, 0) is 89.5 Å². The maximum atomic E-state index is 13.2. The van der Waals surface area contributed by atoms with Crippen molar-refractivity contribution < 1.29 is 24.5 Å². The fraction of sp³-hybridized carbons (Fsp3) is 0.705. The van der Waals surface area contributed by atoms with Crippen molar-refractivity contribution in [2.45, 2.75) is 270 Å². The van der Waals surface area contributed by atoms with E-state index < -0.39 is 18.2 Å². The number of allylic oxidation sites excluding steroid dienone is 15. The molecule has 0 spiro atoms. The molecule has 3 atom stereocenters. The van der Waals surface area contributed by atoms with Crippen molar-refractivity contribution in [3.05, 3.63) is 97.2 Å². The van der Waals surface area contributed by atoms with Gasteiger partial charge in [0.15, 0.2) is 0 Å². The van der Waals surface area contributed by atoms with E-state index in [-0.39, 0.29) is 24.9 Å². The predicted octanol–water partition coefficient (Wildman–Crippen LogP) is 17.3. The van der Waals surface area contributed by atoms with Crippen LogP contribution in [0.5, 0.6) is 0 Å². The molecule has 0 aliphatic rings. The Kier molecular flexibility index (Phi) is 51.1. The van der Waals surface area contributed by atoms with E-state index >= 15 is 0 Å². The minimum absolute atomic E-state index is 0.0557. The van der Waals surface area contributed by atoms with Crippen molar-refractivity contribution in [2.75, 3.05) is 6.61 Å². The number of aliphatic hydroxyl groups is 2. The molecule has 0 radical (unpaired) electrons. The Morgan fingerprint density at radius 3 is 1.30 bits per heavy atom. The number of unbranched alkanes of at least 4 members (excludes halogenated alkanes) is 23. The first-order chi connectivity index (χ1) is 33.0. The van der Waals surface area contributed by atoms with Crippen LogP contribution in [0.1, 0.15) is 252 Å². The summed E-state index contributed by atoms with van der Waals surface area (Å²) in [7, 11) is 0. The Balaban J connectivity index is 4.69. The zero-order valence-electron chi connectivity index (χ0n) is 43.8. The number of amides is 1. The Bertz CT molecular complexity index is 1320. The smallest absolute Gasteiger partial charge is 0.306 e. The van der Waals surface area contributed by atoms with Crippen LogP contribution >= 0.6 is 0 Å². The van der Waals surface area contributed by atoms with Gasteiger partial charge in [-0.2, -0.15) is 0 Å². The number of nitrogens with one attached hydrogen (secondary N) is 1. The van der Waals surface area contributed by atoms with Crippen molar-refractivity contribution in [3.8, 4) is 0 Å². The number of esters is 1. The SMILES string of the molecule is CC/C=C/C/C=C/C/C=C/C/C=C/C/C=C/C(CC(=O)NC(CO)C(O)CCCCCCCCCCCCCCCCC)OC(=O)CCCCCCCC/C=C\C/C=C\C/C=C\CCCCC. The molecule has 384 valence electrons. The summed E-state index contributed by atoms with van der Waals surface area (Å²) in [6, 6.07) is -0.751. The Morgan fingerprint density at radius 2 is 0.836 bits per heavy atom. The number of carbonyl (C=O) groups is 2. The van der Waals surface area contributed by atoms with Gasteiger partial charge in [0, 0.05) is 6.42 Å². The van der Waals surface area contributed by atoms with E-state index in [4.69, 9.17) is 4.74 Å². The molecule has 0 aliphatic carbocycles. The lowest BCUT2D eigenvalue weighted by atomic mass is 10.0. The molecule has 3 unspecified atom stereocenters. The van der Waals surface area contributed by atoms with Crippen LogP contribution < -0.4 is 5.32 Å². The fourth-order valence-corrected chi connectivity index (χ4v) is 7.93. The van der Waals surface area contributed by atoms with Crippen molar-refractivity contribution in [3.63, 3.8) is 0 Å². The quantitative estimate of drug-likeness (QED) is 0.0321. The van der Waals surface area contributed by atoms with Crippen molar-refractivity contribution >= 4 is 11.9 Å². The van der Waals surface area contributed by atoms with Gasteiger partial charge in [-0.15, -0.1) is 0 Å². The van der Waals surface area contributed by atoms with E-state index in [9.17, 15) is 19.8 Å². The molecule has 6 heteroatoms. The lowest BCUT2D eigenvalue weighted by molar-refractivity contribution is -0.148. The molecule has 0 saturated heterocycles. The van der Waals surface area contributed by atoms with Crippen LogP contribution in [0.2, 0.25) is 0 Å². The lowest BCUT2D eigenvalue weighted by Gasteiger charge is -2.23. The van der Waals surface area contributed by atoms with Gasteiger partial charge in [0.2, 0.25) is 5.91 Å². The molecule has 6 nitrogen and oxygen atoms in total. The highest BCUT2D eigenvalue weighted by atomic mass is 16.5. The summed E-state index contributed by atoms with van der Waals surface area (Å²) in [6.45, 7) is 6.31. The van der Waals surface area contributed by atoms with Gasteiger partial charge in [-0.1, -0.05) is 247 Å². The van der Waals surface area contributed by atoms with Gasteiger partial charge in [0.1, 0.15) is 6.10 Å². The molecule has 0 aromatic rings. The Labute approximate surface area is 414 Å². The summed E-state index contributed by atoms with van der Waals surface area (Å²) >= 11 is 0. The maximum absolute atomic E-state index is 13.2. The number of hydrogen-bond acceptors (Lipinski definition) is 5. The molecule has 0 aliphatic heterocycles. The van der Waals surface area contributed by atoms with Crippen LogP contribution in [0.25, 0.3) is 0 Å². The molecule has 0 heterocycles. The van der Waals surface area contributed by atoms with E-state index in [1.54, 1.807) is 6.08 Å². The molecule has 0 bridgehead atoms. The van der Waals surface area contributed by atoms with E-state index in [0.29, 0.717) is 19.3 Å². The summed E-state index contributed by atoms with van der Waals surface area (Å²) in [5.41, 5.74) is 0. The third-order valence-corrected chi connectivity index (χ3v) is 12.1. The minimum atomic E-state index is -0.827. The zero-order chi connectivity index (χ0) is 48.8. The van der Waals surface area contributed by atoms with Crippen molar-refractivity contribution in [2.24, 2.45) is 0 Å². The van der Waals surface area contributed by atoms with Crippen LogP contribution in [-0.4, -0.2) is 46.9 Å². The van der Waals surface area contributed by atoms with Gasteiger partial charge in [-0.25, -0.2) is 0 Å². The van der Waals surface area contributed by atoms with Gasteiger partial charge in [0.05, 0.1) is 25.2 Å². The van der Waals surface area contributed by atoms with Crippen LogP contribution in [0, 0.1) is 0 Å². The molecular formula is C61H105NO5. The summed E-state index contributed by atoms with van der Waals surface area (Å²) in [5.74, 6) is -0.645. The van der Waals surface area contributed by atoms with Crippen LogP contribution in [0.4, 0.5) is 0 Å². The van der Waals surface area contributed by atoms with Gasteiger partial charge < -0.3 is 20.3 Å². The lowest BCUT2D eigenvalue weighted by Crippen LogP contribution is -2.46. The van der Waals surface area contributed by atoms with Gasteiger partial charge >= 0.3 is 5.97 Å². The molecule has 0 aromatic carbocycles. The highest BCUT2D eigenvalue weighted by Gasteiger charge is 2.23. The van der Waals surface area contributed by atoms with E-state index in [0.717, 1.165) is 89.9 Å². The Hall–Kier alpha value is -3.22. The average molecular weight is 933 g/mol. The highest BCUT2D eigenvalue weighted by molar-refractivity contribution is 5.78. The molecule has 0 aromatic heterocycles. The number of ether oxygens (including phenoxy) is 1. The molecule has 1 amide bonds. The number of aliphatic hydroxyl groups excluding tert-OH is 2. The maximum Gasteiger partial charge on any atom is 0.306 e. The third kappa shape index (κ3) is 49.0. The van der Waals surface area contributed by atoms with Gasteiger partial charge in [-0.3, -0.25) is 9.59 Å². The summed E-state index contributed by atoms with van der Waals surface area (Å²) in [4.78, 5) is 26.2. The number of rotatable bonds is 49. The topological polar surface area (TPSA) is 95.9 Å². The molecular weight excluding hydrogens is 827 g/mol. The normalized spacial score (nSPS) is 13.9. The second kappa shape index (κ2) is 53.7. The molecule has 67 heavy (non-hydrogen) atoms. The Morgan fingerprint density at radius 1 is 0.463 bits per heavy atom. The van der Waals surface area contributed by atoms with Crippen LogP contribution in [0.3, 0.4) is 0 Å². The van der Waals surface area contributed by atoms with E-state index in [1.807, 2.05) is 6.08 Å². The molecule has 0 rings (SSSR count). The zero-order valence-corrected chi connectivity index (χ0v) is 43.8. The fourth-order valence-electron chi connectivity index (χ4n) is 7.93. The predicted molar refractivity (Wildman–Crippen MR) is 291 cm³/mol. The van der Waals surface area contributed by atoms with Crippen LogP contribution in [-0.2, 0) is 14.3 Å². The second-order valence-corrected chi connectivity index (χ2v) is 18.6. The molecule has 0 saturated carbocycles. The first kappa shape index (κ1) is 63.8. The van der Waals surface area contributed by atoms with E-state index in [2.05, 4.69) is 111 Å². The molecule has 0 fully saturated rings. The third-order valence-electron chi connectivity index (χ3n) is 12.1. The van der Waals surface area contributed by atoms with E-state index in [1.165, 1.54) is 116 Å². The monoisotopic (exact) mass is 932 g/mol. The van der Waals surface area contributed by atoms with Gasteiger partial charge in [0.25, 0.3) is 0 Å². The number of hydrogen-bond donors (Lipinski definition) is 3. The summed E-state index contributed by atoms with van der Waals surface area (Å²) < 4.78 is 5.83. The van der Waals surface area contributed by atoms with Crippen molar-refractivity contribution in [1.82, 2.24) is 5.32 Å². The summed E-state index contributed by atoms with van der Waals surface area (Å²) in [5, 5.41) is 23.8. The molecule has 3 N–H and O–H groups in total. The average Bonchev–Trinajstić information content (AvgIpc) is 3.32.